The van der Waals surface area contributed by atoms with Gasteiger partial charge in [0.1, 0.15) is 0 Å². The number of hydrogen-bond donors (Lipinski definition) is 2. The highest BCUT2D eigenvalue weighted by Crippen LogP contribution is 2.41. The summed E-state index contributed by atoms with van der Waals surface area (Å²) < 4.78 is 1.61. The van der Waals surface area contributed by atoms with Gasteiger partial charge in [-0.05, 0) is 69.2 Å². The van der Waals surface area contributed by atoms with E-state index in [-0.39, 0.29) is 11.8 Å². The van der Waals surface area contributed by atoms with Gasteiger partial charge < -0.3 is 10.2 Å². The molecule has 0 amide bonds. The Labute approximate surface area is 119 Å². The van der Waals surface area contributed by atoms with Crippen LogP contribution in [0.1, 0.15) is 40.7 Å². The second-order valence-electron chi connectivity index (χ2n) is 5.87. The van der Waals surface area contributed by atoms with Crippen molar-refractivity contribution in [3.8, 4) is 17.4 Å². The average molecular weight is 271 g/mol. The van der Waals surface area contributed by atoms with Gasteiger partial charge in [0.15, 0.2) is 0 Å². The predicted molar refractivity (Wildman–Crippen MR) is 80.0 cm³/mol. The molecule has 0 radical (unpaired) electrons. The molecule has 0 aliphatic heterocycles. The molecule has 3 rings (SSSR count). The fourth-order valence-corrected chi connectivity index (χ4v) is 3.18. The molecule has 0 fully saturated rings. The molecule has 0 atom stereocenters. The molecular formula is C17H21NO2. The Morgan fingerprint density at radius 2 is 1.30 bits per heavy atom. The van der Waals surface area contributed by atoms with Crippen LogP contribution in [0.15, 0.2) is 12.1 Å². The quantitative estimate of drug-likeness (QED) is 0.830. The van der Waals surface area contributed by atoms with Crippen LogP contribution in [0.2, 0.25) is 0 Å². The van der Waals surface area contributed by atoms with Crippen LogP contribution in [0, 0.1) is 20.8 Å². The van der Waals surface area contributed by atoms with Crippen molar-refractivity contribution in [1.82, 2.24) is 4.57 Å². The first-order chi connectivity index (χ1) is 9.50. The molecular weight excluding hydrogens is 250 g/mol. The third-order valence-electron chi connectivity index (χ3n) is 4.48. The van der Waals surface area contributed by atoms with Crippen LogP contribution < -0.4 is 0 Å². The molecule has 1 aliphatic rings. The Balaban J connectivity index is 2.25. The standard InChI is InChI=1S/C17H21NO2/c1-10-8-12(3)15(9-11(10)2)18-16(19)13-6-4-5-7-14(13)17(18)20/h8-9,19-20H,4-7H2,1-3H3. The summed E-state index contributed by atoms with van der Waals surface area (Å²) in [5.41, 5.74) is 6.17. The van der Waals surface area contributed by atoms with Gasteiger partial charge in [-0.25, -0.2) is 0 Å². The second kappa shape index (κ2) is 4.58. The number of benzene rings is 1. The number of aromatic nitrogens is 1. The van der Waals surface area contributed by atoms with E-state index in [0.717, 1.165) is 53.6 Å². The zero-order chi connectivity index (χ0) is 14.4. The molecule has 0 saturated heterocycles. The number of aromatic hydroxyl groups is 2. The van der Waals surface area contributed by atoms with Crippen molar-refractivity contribution in [2.75, 3.05) is 0 Å². The Kier molecular flexibility index (Phi) is 3.00. The molecule has 0 saturated carbocycles. The number of fused-ring (bicyclic) bond motifs is 1. The fraction of sp³-hybridized carbons (Fsp3) is 0.412. The van der Waals surface area contributed by atoms with Crippen molar-refractivity contribution >= 4 is 0 Å². The molecule has 0 bridgehead atoms. The summed E-state index contributed by atoms with van der Waals surface area (Å²) >= 11 is 0. The van der Waals surface area contributed by atoms with Gasteiger partial charge in [0.2, 0.25) is 11.8 Å². The minimum Gasteiger partial charge on any atom is -0.494 e. The Bertz CT molecular complexity index is 654. The molecule has 2 aromatic rings. The topological polar surface area (TPSA) is 45.4 Å². The fourth-order valence-electron chi connectivity index (χ4n) is 3.18. The van der Waals surface area contributed by atoms with E-state index in [1.54, 1.807) is 4.57 Å². The highest BCUT2D eigenvalue weighted by Gasteiger charge is 2.25. The van der Waals surface area contributed by atoms with Gasteiger partial charge in [-0.2, -0.15) is 0 Å². The van der Waals surface area contributed by atoms with Crippen LogP contribution in [-0.2, 0) is 12.8 Å². The average Bonchev–Trinajstić information content (AvgIpc) is 2.68. The first-order valence-electron chi connectivity index (χ1n) is 7.23. The molecule has 3 heteroatoms. The largest absolute Gasteiger partial charge is 0.494 e. The lowest BCUT2D eigenvalue weighted by atomic mass is 9.95. The van der Waals surface area contributed by atoms with Gasteiger partial charge in [0, 0.05) is 11.1 Å². The molecule has 1 heterocycles. The number of hydrogen-bond acceptors (Lipinski definition) is 2. The summed E-state index contributed by atoms with van der Waals surface area (Å²) in [5, 5.41) is 21.0. The monoisotopic (exact) mass is 271 g/mol. The summed E-state index contributed by atoms with van der Waals surface area (Å²) in [5.74, 6) is 0.423. The van der Waals surface area contributed by atoms with Crippen LogP contribution in [0.25, 0.3) is 5.69 Å². The van der Waals surface area contributed by atoms with Crippen molar-refractivity contribution in [2.24, 2.45) is 0 Å². The van der Waals surface area contributed by atoms with Crippen LogP contribution in [0.3, 0.4) is 0 Å². The molecule has 0 spiro atoms. The highest BCUT2D eigenvalue weighted by atomic mass is 16.3. The maximum Gasteiger partial charge on any atom is 0.202 e. The first kappa shape index (κ1) is 13.1. The summed E-state index contributed by atoms with van der Waals surface area (Å²) in [6.45, 7) is 6.14. The van der Waals surface area contributed by atoms with Gasteiger partial charge in [0.05, 0.1) is 5.69 Å². The van der Waals surface area contributed by atoms with Crippen LogP contribution in [0.5, 0.6) is 11.8 Å². The normalized spacial score (nSPS) is 14.3. The molecule has 0 unspecified atom stereocenters. The van der Waals surface area contributed by atoms with E-state index in [1.165, 1.54) is 5.56 Å². The summed E-state index contributed by atoms with van der Waals surface area (Å²) in [6, 6.07) is 4.14. The third kappa shape index (κ3) is 1.80. The van der Waals surface area contributed by atoms with Crippen molar-refractivity contribution in [2.45, 2.75) is 46.5 Å². The molecule has 2 N–H and O–H groups in total. The maximum atomic E-state index is 10.5. The zero-order valence-electron chi connectivity index (χ0n) is 12.3. The lowest BCUT2D eigenvalue weighted by Crippen LogP contribution is -1.98. The number of aryl methyl sites for hydroxylation is 3. The molecule has 3 nitrogen and oxygen atoms in total. The van der Waals surface area contributed by atoms with Gasteiger partial charge in [-0.15, -0.1) is 0 Å². The van der Waals surface area contributed by atoms with E-state index in [1.807, 2.05) is 13.0 Å². The molecule has 106 valence electrons. The molecule has 1 aromatic heterocycles. The molecule has 1 aliphatic carbocycles. The van der Waals surface area contributed by atoms with Crippen LogP contribution in [0.4, 0.5) is 0 Å². The zero-order valence-corrected chi connectivity index (χ0v) is 12.3. The Morgan fingerprint density at radius 1 is 0.800 bits per heavy atom. The van der Waals surface area contributed by atoms with E-state index < -0.39 is 0 Å². The summed E-state index contributed by atoms with van der Waals surface area (Å²) in [7, 11) is 0. The van der Waals surface area contributed by atoms with Gasteiger partial charge in [-0.3, -0.25) is 4.57 Å². The van der Waals surface area contributed by atoms with Crippen molar-refractivity contribution < 1.29 is 10.2 Å². The van der Waals surface area contributed by atoms with Gasteiger partial charge in [-0.1, -0.05) is 6.07 Å². The van der Waals surface area contributed by atoms with E-state index in [2.05, 4.69) is 19.9 Å². The summed E-state index contributed by atoms with van der Waals surface area (Å²) in [4.78, 5) is 0. The molecule has 20 heavy (non-hydrogen) atoms. The van der Waals surface area contributed by atoms with Crippen LogP contribution >= 0.6 is 0 Å². The van der Waals surface area contributed by atoms with E-state index >= 15 is 0 Å². The SMILES string of the molecule is Cc1cc(C)c(-n2c(O)c3c(c2O)CCCC3)cc1C. The van der Waals surface area contributed by atoms with Crippen molar-refractivity contribution in [3.05, 3.63) is 39.9 Å². The predicted octanol–water partition coefficient (Wildman–Crippen LogP) is 3.69. The Hall–Kier alpha value is -1.90. The van der Waals surface area contributed by atoms with Crippen LogP contribution in [-0.4, -0.2) is 14.8 Å². The lowest BCUT2D eigenvalue weighted by Gasteiger charge is -2.13. The second-order valence-corrected chi connectivity index (χ2v) is 5.87. The molecule has 1 aromatic carbocycles. The minimum absolute atomic E-state index is 0.212. The number of nitrogens with zero attached hydrogens (tertiary/aromatic N) is 1. The van der Waals surface area contributed by atoms with Gasteiger partial charge in [0.25, 0.3) is 0 Å². The maximum absolute atomic E-state index is 10.5. The minimum atomic E-state index is 0.212. The first-order valence-corrected chi connectivity index (χ1v) is 7.23. The number of rotatable bonds is 1. The van der Waals surface area contributed by atoms with E-state index in [4.69, 9.17) is 0 Å². The smallest absolute Gasteiger partial charge is 0.202 e. The van der Waals surface area contributed by atoms with E-state index in [0.29, 0.717) is 0 Å². The Morgan fingerprint density at radius 3 is 1.85 bits per heavy atom. The highest BCUT2D eigenvalue weighted by molar-refractivity contribution is 5.57. The van der Waals surface area contributed by atoms with E-state index in [9.17, 15) is 10.2 Å². The van der Waals surface area contributed by atoms with Crippen molar-refractivity contribution in [1.29, 1.82) is 0 Å². The van der Waals surface area contributed by atoms with Gasteiger partial charge >= 0.3 is 0 Å². The third-order valence-corrected chi connectivity index (χ3v) is 4.48. The summed E-state index contributed by atoms with van der Waals surface area (Å²) in [6.07, 6.45) is 3.86. The van der Waals surface area contributed by atoms with Crippen molar-refractivity contribution in [3.63, 3.8) is 0 Å². The lowest BCUT2D eigenvalue weighted by molar-refractivity contribution is 0.399.